The number of cyclic esters (lactones) is 2. The molecule has 28 heavy (non-hydrogen) atoms. The van der Waals surface area contributed by atoms with Crippen LogP contribution in [0.3, 0.4) is 0 Å². The molecule has 3 heteroatoms. The van der Waals surface area contributed by atoms with Crippen molar-refractivity contribution in [3.05, 3.63) is 59.2 Å². The molecule has 0 amide bonds. The molecule has 1 aliphatic heterocycles. The molecule has 144 valence electrons. The van der Waals surface area contributed by atoms with E-state index in [0.29, 0.717) is 0 Å². The van der Waals surface area contributed by atoms with E-state index in [0.717, 1.165) is 34.2 Å². The molecule has 0 saturated carbocycles. The smallest absolute Gasteiger partial charge is 0.319 e. The molecule has 0 aliphatic carbocycles. The van der Waals surface area contributed by atoms with Gasteiger partial charge < -0.3 is 4.74 Å². The summed E-state index contributed by atoms with van der Waals surface area (Å²) in [5, 5.41) is 0. The number of benzene rings is 2. The van der Waals surface area contributed by atoms with Gasteiger partial charge in [0.1, 0.15) is 0 Å². The van der Waals surface area contributed by atoms with Gasteiger partial charge in [0.2, 0.25) is 0 Å². The highest BCUT2D eigenvalue weighted by Crippen LogP contribution is 2.53. The quantitative estimate of drug-likeness (QED) is 0.426. The van der Waals surface area contributed by atoms with Gasteiger partial charge in [0.15, 0.2) is 0 Å². The minimum atomic E-state index is -0.812. The van der Waals surface area contributed by atoms with Crippen LogP contribution in [0.25, 0.3) is 11.1 Å². The third-order valence-corrected chi connectivity index (χ3v) is 5.90. The minimum absolute atomic E-state index is 0.284. The molecule has 1 heterocycles. The molecule has 0 atom stereocenters. The predicted octanol–water partition coefficient (Wildman–Crippen LogP) is 5.12. The van der Waals surface area contributed by atoms with Crippen molar-refractivity contribution in [1.82, 2.24) is 0 Å². The van der Waals surface area contributed by atoms with Crippen LogP contribution in [0.15, 0.2) is 42.5 Å². The average molecular weight is 374 g/mol. The van der Waals surface area contributed by atoms with E-state index in [2.05, 4.69) is 31.0 Å². The lowest BCUT2D eigenvalue weighted by Crippen LogP contribution is -2.51. The van der Waals surface area contributed by atoms with E-state index < -0.39 is 22.8 Å². The van der Waals surface area contributed by atoms with E-state index in [9.17, 15) is 9.59 Å². The van der Waals surface area contributed by atoms with Gasteiger partial charge in [-0.25, -0.2) is 0 Å². The number of aryl methyl sites for hydroxylation is 1. The summed E-state index contributed by atoms with van der Waals surface area (Å²) < 4.78 is 5.09. The van der Waals surface area contributed by atoms with Crippen molar-refractivity contribution in [2.75, 3.05) is 0 Å². The summed E-state index contributed by atoms with van der Waals surface area (Å²) >= 11 is 0. The van der Waals surface area contributed by atoms with Gasteiger partial charge in [-0.15, -0.1) is 6.42 Å². The number of carbonyl (C=O) groups excluding carboxylic acids is 2. The zero-order chi connectivity index (χ0) is 20.7. The summed E-state index contributed by atoms with van der Waals surface area (Å²) in [5.41, 5.74) is 3.45. The summed E-state index contributed by atoms with van der Waals surface area (Å²) in [5.74, 6) is 1.42. The Balaban J connectivity index is 2.19. The van der Waals surface area contributed by atoms with E-state index in [1.165, 1.54) is 0 Å². The molecule has 3 rings (SSSR count). The summed E-state index contributed by atoms with van der Waals surface area (Å²) in [4.78, 5) is 25.1. The lowest BCUT2D eigenvalue weighted by Gasteiger charge is -2.46. The lowest BCUT2D eigenvalue weighted by molar-refractivity contribution is -0.185. The van der Waals surface area contributed by atoms with Crippen molar-refractivity contribution in [2.45, 2.75) is 47.0 Å². The molecule has 2 aromatic carbocycles. The molecule has 0 N–H and O–H groups in total. The van der Waals surface area contributed by atoms with Crippen LogP contribution in [0.5, 0.6) is 0 Å². The summed E-state index contributed by atoms with van der Waals surface area (Å²) in [7, 11) is 0. The van der Waals surface area contributed by atoms with Crippen molar-refractivity contribution in [1.29, 1.82) is 0 Å². The number of hydrogen-bond acceptors (Lipinski definition) is 3. The average Bonchev–Trinajstić information content (AvgIpc) is 2.66. The van der Waals surface area contributed by atoms with Crippen LogP contribution >= 0.6 is 0 Å². The van der Waals surface area contributed by atoms with Crippen LogP contribution in [-0.2, 0) is 20.7 Å². The maximum atomic E-state index is 12.6. The molecule has 0 unspecified atom stereocenters. The van der Waals surface area contributed by atoms with Crippen molar-refractivity contribution in [3.8, 4) is 23.5 Å². The Bertz CT molecular complexity index is 946. The molecule has 1 aliphatic rings. The van der Waals surface area contributed by atoms with Crippen LogP contribution in [0.1, 0.15) is 57.2 Å². The third-order valence-electron chi connectivity index (χ3n) is 5.90. The lowest BCUT2D eigenvalue weighted by atomic mass is 9.59. The van der Waals surface area contributed by atoms with E-state index in [1.807, 2.05) is 52.0 Å². The van der Waals surface area contributed by atoms with E-state index >= 15 is 0 Å². The first-order chi connectivity index (χ1) is 13.1. The van der Waals surface area contributed by atoms with Gasteiger partial charge >= 0.3 is 11.9 Å². The van der Waals surface area contributed by atoms with Gasteiger partial charge in [0.05, 0.1) is 10.8 Å². The fourth-order valence-electron chi connectivity index (χ4n) is 4.39. The Morgan fingerprint density at radius 1 is 0.929 bits per heavy atom. The van der Waals surface area contributed by atoms with Crippen LogP contribution < -0.4 is 0 Å². The molecule has 3 nitrogen and oxygen atoms in total. The zero-order valence-electron chi connectivity index (χ0n) is 17.1. The summed E-state index contributed by atoms with van der Waals surface area (Å²) in [6.07, 6.45) is 6.28. The first kappa shape index (κ1) is 19.9. The van der Waals surface area contributed by atoms with Gasteiger partial charge in [0, 0.05) is 11.5 Å². The van der Waals surface area contributed by atoms with Crippen LogP contribution in [-0.4, -0.2) is 11.9 Å². The monoisotopic (exact) mass is 374 g/mol. The van der Waals surface area contributed by atoms with E-state index in [4.69, 9.17) is 11.2 Å². The van der Waals surface area contributed by atoms with Crippen molar-refractivity contribution < 1.29 is 14.3 Å². The largest absolute Gasteiger partial charge is 0.392 e. The third kappa shape index (κ3) is 3.14. The Morgan fingerprint density at radius 3 is 1.96 bits per heavy atom. The minimum Gasteiger partial charge on any atom is -0.392 e. The second-order valence-corrected chi connectivity index (χ2v) is 8.54. The molecule has 2 aromatic rings. The first-order valence-electron chi connectivity index (χ1n) is 9.59. The SMILES string of the molecule is C#Cc1ccc(-c2ccc(CC)c(C3C(C)(C)C(=O)OC(=O)C3(C)C)c2)cc1. The molecule has 1 fully saturated rings. The molecule has 0 aromatic heterocycles. The predicted molar refractivity (Wildman–Crippen MR) is 111 cm³/mol. The highest BCUT2D eigenvalue weighted by Gasteiger charge is 2.56. The Hall–Kier alpha value is -2.86. The maximum Gasteiger partial charge on any atom is 0.319 e. The normalized spacial score (nSPS) is 18.4. The fourth-order valence-corrected chi connectivity index (χ4v) is 4.39. The molecule has 0 bridgehead atoms. The fraction of sp³-hybridized carbons (Fsp3) is 0.360. The number of hydrogen-bond donors (Lipinski definition) is 0. The van der Waals surface area contributed by atoms with E-state index in [-0.39, 0.29) is 5.92 Å². The summed E-state index contributed by atoms with van der Waals surface area (Å²) in [6, 6.07) is 14.1. The second-order valence-electron chi connectivity index (χ2n) is 8.54. The molecular formula is C25H26O3. The Labute approximate surface area is 167 Å². The number of ether oxygens (including phenoxy) is 1. The number of rotatable bonds is 3. The number of carbonyl (C=O) groups is 2. The van der Waals surface area contributed by atoms with Crippen molar-refractivity contribution in [3.63, 3.8) is 0 Å². The van der Waals surface area contributed by atoms with Crippen LogP contribution in [0.2, 0.25) is 0 Å². The van der Waals surface area contributed by atoms with E-state index in [1.54, 1.807) is 0 Å². The highest BCUT2D eigenvalue weighted by molar-refractivity contribution is 5.96. The zero-order valence-corrected chi connectivity index (χ0v) is 17.1. The van der Waals surface area contributed by atoms with Crippen molar-refractivity contribution in [2.24, 2.45) is 10.8 Å². The van der Waals surface area contributed by atoms with Crippen LogP contribution in [0.4, 0.5) is 0 Å². The van der Waals surface area contributed by atoms with Gasteiger partial charge in [-0.2, -0.15) is 0 Å². The summed E-state index contributed by atoms with van der Waals surface area (Å²) in [6.45, 7) is 9.54. The second kappa shape index (κ2) is 6.95. The number of esters is 2. The van der Waals surface area contributed by atoms with Crippen LogP contribution in [0, 0.1) is 23.2 Å². The Kier molecular flexibility index (Phi) is 4.93. The highest BCUT2D eigenvalue weighted by atomic mass is 16.6. The topological polar surface area (TPSA) is 43.4 Å². The van der Waals surface area contributed by atoms with Gasteiger partial charge in [0.25, 0.3) is 0 Å². The maximum absolute atomic E-state index is 12.6. The Morgan fingerprint density at radius 2 is 1.46 bits per heavy atom. The first-order valence-corrected chi connectivity index (χ1v) is 9.59. The molecule has 1 saturated heterocycles. The number of terminal acetylenes is 1. The van der Waals surface area contributed by atoms with Gasteiger partial charge in [-0.05, 0) is 68.5 Å². The molecule has 0 radical (unpaired) electrons. The molecule has 0 spiro atoms. The van der Waals surface area contributed by atoms with Crippen molar-refractivity contribution >= 4 is 11.9 Å². The standard InChI is InChI=1S/C25H26O3/c1-7-16-9-11-18(12-10-16)19-14-13-17(8-2)20(15-19)21-24(3,4)22(26)28-23(27)25(21,5)6/h1,9-15,21H,8H2,2-6H3. The van der Waals surface area contributed by atoms with Gasteiger partial charge in [-0.3, -0.25) is 9.59 Å². The van der Waals surface area contributed by atoms with Gasteiger partial charge in [-0.1, -0.05) is 43.2 Å². The molecular weight excluding hydrogens is 348 g/mol.